The molecule has 2 rings (SSSR count). The summed E-state index contributed by atoms with van der Waals surface area (Å²) in [4.78, 5) is 12.2. The number of carbonyl (C=O) groups is 1. The van der Waals surface area contributed by atoms with E-state index in [0.29, 0.717) is 24.7 Å². The van der Waals surface area contributed by atoms with Crippen molar-refractivity contribution in [3.05, 3.63) is 18.2 Å². The Balaban J connectivity index is 0.00000220. The van der Waals surface area contributed by atoms with Gasteiger partial charge in [0.2, 0.25) is 5.91 Å². The molecule has 118 valence electrons. The normalized spacial score (nSPS) is 17.0. The average molecular weight is 315 g/mol. The van der Waals surface area contributed by atoms with E-state index in [2.05, 4.69) is 10.6 Å². The molecule has 1 unspecified atom stereocenters. The molecule has 21 heavy (non-hydrogen) atoms. The molecule has 1 aliphatic rings. The number of carbonyl (C=O) groups excluding carboxylic acids is 1. The van der Waals surface area contributed by atoms with E-state index in [1.807, 2.05) is 32.0 Å². The van der Waals surface area contributed by atoms with Crippen molar-refractivity contribution < 1.29 is 14.3 Å². The number of hydrogen-bond acceptors (Lipinski definition) is 4. The standard InChI is InChI=1S/C15H22N2O3.ClH/c1-3-19-12-5-6-14(20-4-2)13(9-12)17-15(18)11-7-8-16-10-11;/h5-6,9,11,16H,3-4,7-8,10H2,1-2H3,(H,17,18);1H. The van der Waals surface area contributed by atoms with Crippen LogP contribution < -0.4 is 20.1 Å². The van der Waals surface area contributed by atoms with Crippen LogP contribution in [0.5, 0.6) is 11.5 Å². The zero-order valence-electron chi connectivity index (χ0n) is 12.5. The molecule has 0 radical (unpaired) electrons. The van der Waals surface area contributed by atoms with Crippen LogP contribution in [0.3, 0.4) is 0 Å². The van der Waals surface area contributed by atoms with Crippen molar-refractivity contribution in [1.29, 1.82) is 0 Å². The van der Waals surface area contributed by atoms with Crippen LogP contribution in [0.1, 0.15) is 20.3 Å². The van der Waals surface area contributed by atoms with Gasteiger partial charge in [-0.15, -0.1) is 12.4 Å². The van der Waals surface area contributed by atoms with Gasteiger partial charge in [0.1, 0.15) is 11.5 Å². The third kappa shape index (κ3) is 4.79. The minimum atomic E-state index is 0. The summed E-state index contributed by atoms with van der Waals surface area (Å²) in [6.07, 6.45) is 0.876. The first-order valence-corrected chi connectivity index (χ1v) is 7.15. The predicted octanol–water partition coefficient (Wildman–Crippen LogP) is 2.45. The third-order valence-corrected chi connectivity index (χ3v) is 3.25. The highest BCUT2D eigenvalue weighted by molar-refractivity contribution is 5.94. The van der Waals surface area contributed by atoms with E-state index >= 15 is 0 Å². The molecule has 0 spiro atoms. The van der Waals surface area contributed by atoms with Crippen LogP contribution in [-0.2, 0) is 4.79 Å². The molecule has 0 aliphatic carbocycles. The summed E-state index contributed by atoms with van der Waals surface area (Å²) in [7, 11) is 0. The van der Waals surface area contributed by atoms with Crippen LogP contribution in [0, 0.1) is 5.92 Å². The highest BCUT2D eigenvalue weighted by Crippen LogP contribution is 2.30. The van der Waals surface area contributed by atoms with Crippen LogP contribution in [0.4, 0.5) is 5.69 Å². The SMILES string of the molecule is CCOc1ccc(OCC)c(NC(=O)C2CCNC2)c1.Cl. The lowest BCUT2D eigenvalue weighted by atomic mass is 10.1. The highest BCUT2D eigenvalue weighted by atomic mass is 35.5. The fraction of sp³-hybridized carbons (Fsp3) is 0.533. The largest absolute Gasteiger partial charge is 0.494 e. The Morgan fingerprint density at radius 2 is 2.10 bits per heavy atom. The van der Waals surface area contributed by atoms with Gasteiger partial charge in [-0.05, 0) is 38.9 Å². The molecule has 1 amide bonds. The summed E-state index contributed by atoms with van der Waals surface area (Å²) in [5.74, 6) is 1.47. The van der Waals surface area contributed by atoms with Crippen molar-refractivity contribution in [3.63, 3.8) is 0 Å². The number of nitrogens with one attached hydrogen (secondary N) is 2. The van der Waals surface area contributed by atoms with E-state index in [0.717, 1.165) is 25.3 Å². The maximum Gasteiger partial charge on any atom is 0.228 e. The zero-order chi connectivity index (χ0) is 14.4. The van der Waals surface area contributed by atoms with Gasteiger partial charge in [0.05, 0.1) is 24.8 Å². The molecular formula is C15H23ClN2O3. The second-order valence-electron chi connectivity index (χ2n) is 4.70. The van der Waals surface area contributed by atoms with Crippen LogP contribution >= 0.6 is 12.4 Å². The van der Waals surface area contributed by atoms with Crippen LogP contribution in [0.25, 0.3) is 0 Å². The quantitative estimate of drug-likeness (QED) is 0.847. The van der Waals surface area contributed by atoms with Crippen LogP contribution in [0.2, 0.25) is 0 Å². The Kier molecular flexibility index (Phi) is 7.32. The maximum absolute atomic E-state index is 12.2. The summed E-state index contributed by atoms with van der Waals surface area (Å²) in [6, 6.07) is 5.49. The number of benzene rings is 1. The van der Waals surface area contributed by atoms with E-state index in [4.69, 9.17) is 9.47 Å². The fourth-order valence-electron chi connectivity index (χ4n) is 2.26. The minimum absolute atomic E-state index is 0. The van der Waals surface area contributed by atoms with Gasteiger partial charge >= 0.3 is 0 Å². The van der Waals surface area contributed by atoms with Crippen molar-refractivity contribution in [2.75, 3.05) is 31.6 Å². The van der Waals surface area contributed by atoms with E-state index in [1.165, 1.54) is 0 Å². The van der Waals surface area contributed by atoms with Crippen molar-refractivity contribution in [2.24, 2.45) is 5.92 Å². The molecule has 1 fully saturated rings. The molecule has 0 bridgehead atoms. The fourth-order valence-corrected chi connectivity index (χ4v) is 2.26. The summed E-state index contributed by atoms with van der Waals surface area (Å²) in [5, 5.41) is 6.15. The molecule has 1 heterocycles. The average Bonchev–Trinajstić information content (AvgIpc) is 2.96. The van der Waals surface area contributed by atoms with Crippen molar-refractivity contribution in [3.8, 4) is 11.5 Å². The van der Waals surface area contributed by atoms with Crippen molar-refractivity contribution in [1.82, 2.24) is 5.32 Å². The number of anilines is 1. The van der Waals surface area contributed by atoms with Gasteiger partial charge in [-0.2, -0.15) is 0 Å². The molecule has 1 atom stereocenters. The maximum atomic E-state index is 12.2. The lowest BCUT2D eigenvalue weighted by molar-refractivity contribution is -0.119. The molecule has 5 nitrogen and oxygen atoms in total. The Morgan fingerprint density at radius 1 is 1.33 bits per heavy atom. The monoisotopic (exact) mass is 314 g/mol. The highest BCUT2D eigenvalue weighted by Gasteiger charge is 2.23. The number of amides is 1. The predicted molar refractivity (Wildman–Crippen MR) is 85.6 cm³/mol. The zero-order valence-corrected chi connectivity index (χ0v) is 13.3. The molecule has 0 aromatic heterocycles. The van der Waals surface area contributed by atoms with Crippen molar-refractivity contribution >= 4 is 24.0 Å². The molecule has 1 saturated heterocycles. The number of rotatable bonds is 6. The molecule has 1 aromatic carbocycles. The second-order valence-corrected chi connectivity index (χ2v) is 4.70. The molecular weight excluding hydrogens is 292 g/mol. The van der Waals surface area contributed by atoms with E-state index in [9.17, 15) is 4.79 Å². The first kappa shape index (κ1) is 17.6. The van der Waals surface area contributed by atoms with Gasteiger partial charge in [0, 0.05) is 12.6 Å². The molecule has 0 saturated carbocycles. The number of ether oxygens (including phenoxy) is 2. The van der Waals surface area contributed by atoms with Crippen LogP contribution in [0.15, 0.2) is 18.2 Å². The molecule has 1 aliphatic heterocycles. The van der Waals surface area contributed by atoms with Gasteiger partial charge in [-0.3, -0.25) is 4.79 Å². The summed E-state index contributed by atoms with van der Waals surface area (Å²) >= 11 is 0. The van der Waals surface area contributed by atoms with Gasteiger partial charge in [-0.1, -0.05) is 0 Å². The Labute approximate surface area is 131 Å². The minimum Gasteiger partial charge on any atom is -0.494 e. The molecule has 1 aromatic rings. The summed E-state index contributed by atoms with van der Waals surface area (Å²) < 4.78 is 11.0. The Bertz CT molecular complexity index is 462. The second kappa shape index (κ2) is 8.74. The molecule has 2 N–H and O–H groups in total. The van der Waals surface area contributed by atoms with Gasteiger partial charge in [-0.25, -0.2) is 0 Å². The topological polar surface area (TPSA) is 59.6 Å². The van der Waals surface area contributed by atoms with Crippen molar-refractivity contribution in [2.45, 2.75) is 20.3 Å². The van der Waals surface area contributed by atoms with Gasteiger partial charge < -0.3 is 20.1 Å². The Morgan fingerprint density at radius 3 is 2.71 bits per heavy atom. The molecule has 6 heteroatoms. The van der Waals surface area contributed by atoms with E-state index in [-0.39, 0.29) is 24.2 Å². The number of halogens is 1. The summed E-state index contributed by atoms with van der Waals surface area (Å²) in [6.45, 7) is 6.63. The number of hydrogen-bond donors (Lipinski definition) is 2. The van der Waals surface area contributed by atoms with Gasteiger partial charge in [0.25, 0.3) is 0 Å². The van der Waals surface area contributed by atoms with E-state index in [1.54, 1.807) is 0 Å². The summed E-state index contributed by atoms with van der Waals surface area (Å²) in [5.41, 5.74) is 0.676. The first-order chi connectivity index (χ1) is 9.74. The lowest BCUT2D eigenvalue weighted by Gasteiger charge is -2.15. The lowest BCUT2D eigenvalue weighted by Crippen LogP contribution is -2.24. The van der Waals surface area contributed by atoms with Crippen LogP contribution in [-0.4, -0.2) is 32.2 Å². The van der Waals surface area contributed by atoms with E-state index < -0.39 is 0 Å². The third-order valence-electron chi connectivity index (χ3n) is 3.25. The first-order valence-electron chi connectivity index (χ1n) is 7.15. The Hall–Kier alpha value is -1.46. The smallest absolute Gasteiger partial charge is 0.228 e. The van der Waals surface area contributed by atoms with Gasteiger partial charge in [0.15, 0.2) is 0 Å².